The van der Waals surface area contributed by atoms with Gasteiger partial charge in [0, 0.05) is 19.3 Å². The molecule has 0 bridgehead atoms. The fraction of sp³-hybridized carbons (Fsp3) is 0.491. The van der Waals surface area contributed by atoms with Gasteiger partial charge >= 0.3 is 17.9 Å². The number of esters is 3. The molecule has 0 saturated heterocycles. The molecule has 1 unspecified atom stereocenters. The molecular weight excluding hydrogens is 733 g/mol. The summed E-state index contributed by atoms with van der Waals surface area (Å²) in [5.74, 6) is -1.12. The van der Waals surface area contributed by atoms with E-state index in [1.807, 2.05) is 109 Å². The van der Waals surface area contributed by atoms with Crippen molar-refractivity contribution >= 4 is 17.9 Å². The highest BCUT2D eigenvalue weighted by Gasteiger charge is 2.19. The van der Waals surface area contributed by atoms with Gasteiger partial charge in [0.15, 0.2) is 6.10 Å². The number of carbonyl (C=O) groups excluding carboxylic acids is 3. The van der Waals surface area contributed by atoms with Gasteiger partial charge in [-0.1, -0.05) is 205 Å². The molecule has 0 aliphatic rings. The van der Waals surface area contributed by atoms with Crippen LogP contribution < -0.4 is 0 Å². The van der Waals surface area contributed by atoms with Gasteiger partial charge < -0.3 is 14.2 Å². The van der Waals surface area contributed by atoms with Gasteiger partial charge in [-0.3, -0.25) is 14.4 Å². The van der Waals surface area contributed by atoms with Crippen LogP contribution >= 0.6 is 0 Å². The number of rotatable bonds is 37. The predicted molar refractivity (Wildman–Crippen MR) is 251 cm³/mol. The Kier molecular flexibility index (Phi) is 42.3. The molecule has 0 aromatic heterocycles. The highest BCUT2D eigenvalue weighted by molar-refractivity contribution is 5.71. The second kappa shape index (κ2) is 46.0. The van der Waals surface area contributed by atoms with Crippen LogP contribution in [-0.2, 0) is 28.6 Å². The van der Waals surface area contributed by atoms with E-state index >= 15 is 0 Å². The lowest BCUT2D eigenvalue weighted by atomic mass is 10.1. The SMILES string of the molecule is CC/C=C/C=C/C=C/C=C/C=C/CCCC(=O)OCC(COC(=O)CCCCCCCC/C=C/C=C/CCCCC)OC(=O)CCC/C=C/C=C/C=C/C=C/C=C/CC. The van der Waals surface area contributed by atoms with Crippen molar-refractivity contribution in [3.05, 3.63) is 146 Å². The standard InChI is InChI=1S/C53H78O6/c1-4-7-10-13-16-19-22-25-26-29-31-34-37-40-43-46-52(55)58-49-50(59-53(56)47-44-41-38-35-32-28-24-21-18-15-12-9-6-3)48-57-51(54)45-42-39-36-33-30-27-23-20-17-14-11-8-5-2/h8-9,11-12,14-25,27-28,30,32-33,35-36,38,50H,4-7,10,13,26,29,31,34,37,39-49H2,1-3H3/b11-8+,12-9+,17-14+,18-15+,19-16+,23-20+,24-21+,25-22+,30-27+,32-28+,36-33+,38-35+. The van der Waals surface area contributed by atoms with Crippen molar-refractivity contribution in [3.8, 4) is 0 Å². The Morgan fingerprint density at radius 1 is 0.356 bits per heavy atom. The van der Waals surface area contributed by atoms with Crippen molar-refractivity contribution in [3.63, 3.8) is 0 Å². The van der Waals surface area contributed by atoms with Gasteiger partial charge in [-0.2, -0.15) is 0 Å². The predicted octanol–water partition coefficient (Wildman–Crippen LogP) is 14.5. The first kappa shape index (κ1) is 54.3. The first-order valence-corrected chi connectivity index (χ1v) is 22.5. The summed E-state index contributed by atoms with van der Waals surface area (Å²) in [6.07, 6.45) is 65.6. The highest BCUT2D eigenvalue weighted by Crippen LogP contribution is 2.11. The lowest BCUT2D eigenvalue weighted by Crippen LogP contribution is -2.30. The van der Waals surface area contributed by atoms with Crippen LogP contribution in [0.25, 0.3) is 0 Å². The molecule has 0 fully saturated rings. The molecule has 0 heterocycles. The fourth-order valence-electron chi connectivity index (χ4n) is 5.25. The van der Waals surface area contributed by atoms with E-state index in [-0.39, 0.29) is 38.0 Å². The molecule has 59 heavy (non-hydrogen) atoms. The van der Waals surface area contributed by atoms with Gasteiger partial charge in [0.25, 0.3) is 0 Å². The average Bonchev–Trinajstić information content (AvgIpc) is 3.23. The van der Waals surface area contributed by atoms with Crippen LogP contribution in [-0.4, -0.2) is 37.2 Å². The maximum absolute atomic E-state index is 12.7. The van der Waals surface area contributed by atoms with Gasteiger partial charge in [0.05, 0.1) is 0 Å². The minimum absolute atomic E-state index is 0.143. The zero-order valence-corrected chi connectivity index (χ0v) is 36.9. The Morgan fingerprint density at radius 3 is 1.12 bits per heavy atom. The Labute approximate surface area is 359 Å². The normalized spacial score (nSPS) is 13.5. The van der Waals surface area contributed by atoms with Gasteiger partial charge in [0.2, 0.25) is 0 Å². The van der Waals surface area contributed by atoms with Crippen LogP contribution in [0.3, 0.4) is 0 Å². The third kappa shape index (κ3) is 44.2. The summed E-state index contributed by atoms with van der Waals surface area (Å²) < 4.78 is 16.6. The van der Waals surface area contributed by atoms with Crippen LogP contribution in [0.15, 0.2) is 146 Å². The summed E-state index contributed by atoms with van der Waals surface area (Å²) in [6, 6.07) is 0. The molecule has 0 aliphatic carbocycles. The molecular formula is C53H78O6. The molecule has 6 nitrogen and oxygen atoms in total. The quantitative estimate of drug-likeness (QED) is 0.0269. The van der Waals surface area contributed by atoms with E-state index in [9.17, 15) is 14.4 Å². The van der Waals surface area contributed by atoms with Gasteiger partial charge in [-0.15, -0.1) is 0 Å². The van der Waals surface area contributed by atoms with Crippen LogP contribution in [0.4, 0.5) is 0 Å². The van der Waals surface area contributed by atoms with Crippen molar-refractivity contribution in [1.29, 1.82) is 0 Å². The van der Waals surface area contributed by atoms with E-state index in [2.05, 4.69) is 57.2 Å². The van der Waals surface area contributed by atoms with Crippen molar-refractivity contribution < 1.29 is 28.6 Å². The summed E-state index contributed by atoms with van der Waals surface area (Å²) in [6.45, 7) is 6.13. The van der Waals surface area contributed by atoms with E-state index in [1.165, 1.54) is 32.1 Å². The number of ether oxygens (including phenoxy) is 3. The number of allylic oxidation sites excluding steroid dienone is 24. The Morgan fingerprint density at radius 2 is 0.678 bits per heavy atom. The van der Waals surface area contributed by atoms with Crippen LogP contribution in [0.5, 0.6) is 0 Å². The van der Waals surface area contributed by atoms with E-state index in [1.54, 1.807) is 0 Å². The smallest absolute Gasteiger partial charge is 0.306 e. The molecule has 1 atom stereocenters. The minimum atomic E-state index is -0.853. The summed E-state index contributed by atoms with van der Waals surface area (Å²) in [7, 11) is 0. The molecule has 0 spiro atoms. The Bertz CT molecular complexity index is 1390. The molecule has 0 saturated carbocycles. The monoisotopic (exact) mass is 811 g/mol. The Hall–Kier alpha value is -4.71. The first-order valence-electron chi connectivity index (χ1n) is 22.5. The lowest BCUT2D eigenvalue weighted by molar-refractivity contribution is -0.167. The number of carbonyl (C=O) groups is 3. The van der Waals surface area contributed by atoms with Crippen molar-refractivity contribution in [2.75, 3.05) is 13.2 Å². The second-order valence-electron chi connectivity index (χ2n) is 14.1. The van der Waals surface area contributed by atoms with E-state index in [0.29, 0.717) is 25.7 Å². The van der Waals surface area contributed by atoms with Gasteiger partial charge in [0.1, 0.15) is 13.2 Å². The first-order chi connectivity index (χ1) is 29.0. The summed E-state index contributed by atoms with van der Waals surface area (Å²) >= 11 is 0. The maximum atomic E-state index is 12.7. The highest BCUT2D eigenvalue weighted by atomic mass is 16.6. The zero-order valence-electron chi connectivity index (χ0n) is 36.9. The van der Waals surface area contributed by atoms with E-state index in [4.69, 9.17) is 14.2 Å². The molecule has 0 aromatic rings. The summed E-state index contributed by atoms with van der Waals surface area (Å²) in [5.41, 5.74) is 0. The molecule has 0 amide bonds. The zero-order chi connectivity index (χ0) is 43.0. The molecule has 0 aliphatic heterocycles. The number of unbranched alkanes of at least 4 members (excludes halogenated alkanes) is 11. The maximum Gasteiger partial charge on any atom is 0.306 e. The van der Waals surface area contributed by atoms with Crippen LogP contribution in [0.2, 0.25) is 0 Å². The van der Waals surface area contributed by atoms with E-state index < -0.39 is 12.1 Å². The topological polar surface area (TPSA) is 78.9 Å². The lowest BCUT2D eigenvalue weighted by Gasteiger charge is -2.18. The van der Waals surface area contributed by atoms with Crippen molar-refractivity contribution in [1.82, 2.24) is 0 Å². The van der Waals surface area contributed by atoms with Gasteiger partial charge in [-0.25, -0.2) is 0 Å². The van der Waals surface area contributed by atoms with Gasteiger partial charge in [-0.05, 0) is 70.6 Å². The second-order valence-corrected chi connectivity index (χ2v) is 14.1. The third-order valence-corrected chi connectivity index (χ3v) is 8.59. The van der Waals surface area contributed by atoms with Crippen molar-refractivity contribution in [2.24, 2.45) is 0 Å². The third-order valence-electron chi connectivity index (χ3n) is 8.59. The number of hydrogen-bond donors (Lipinski definition) is 0. The largest absolute Gasteiger partial charge is 0.462 e. The average molecular weight is 811 g/mol. The Balaban J connectivity index is 4.66. The van der Waals surface area contributed by atoms with Crippen LogP contribution in [0.1, 0.15) is 149 Å². The van der Waals surface area contributed by atoms with Crippen molar-refractivity contribution in [2.45, 2.75) is 155 Å². The summed E-state index contributed by atoms with van der Waals surface area (Å²) in [4.78, 5) is 37.7. The molecule has 326 valence electrons. The minimum Gasteiger partial charge on any atom is -0.462 e. The van der Waals surface area contributed by atoms with Crippen LogP contribution in [0, 0.1) is 0 Å². The molecule has 0 N–H and O–H groups in total. The molecule has 6 heteroatoms. The fourth-order valence-corrected chi connectivity index (χ4v) is 5.25. The molecule has 0 radical (unpaired) electrons. The molecule has 0 rings (SSSR count). The number of hydrogen-bond acceptors (Lipinski definition) is 6. The van der Waals surface area contributed by atoms with E-state index in [0.717, 1.165) is 57.8 Å². The summed E-state index contributed by atoms with van der Waals surface area (Å²) in [5, 5.41) is 0. The molecule has 0 aromatic carbocycles.